The maximum atomic E-state index is 13.6. The van der Waals surface area contributed by atoms with Crippen LogP contribution in [0, 0.1) is 17.0 Å². The average molecular weight is 679 g/mol. The molecule has 0 radical (unpaired) electrons. The number of methoxy groups -OCH3 is 1. The Bertz CT molecular complexity index is 1740. The van der Waals surface area contributed by atoms with E-state index in [-0.39, 0.29) is 41.1 Å². The molecule has 0 fully saturated rings. The molecule has 12 nitrogen and oxygen atoms in total. The Hall–Kier alpha value is -4.56. The number of nitro benzene ring substituents is 1. The number of hydrogen-bond donors (Lipinski definition) is 1. The van der Waals surface area contributed by atoms with Gasteiger partial charge in [0.05, 0.1) is 36.1 Å². The summed E-state index contributed by atoms with van der Waals surface area (Å²) in [4.78, 5) is 37.0. The van der Waals surface area contributed by atoms with Crippen LogP contribution in [0.3, 0.4) is 0 Å². The van der Waals surface area contributed by atoms with Gasteiger partial charge in [0.2, 0.25) is 0 Å². The Kier molecular flexibility index (Phi) is 9.40. The maximum absolute atomic E-state index is 13.6. The van der Waals surface area contributed by atoms with Gasteiger partial charge >= 0.3 is 0 Å². The number of carbonyl (C=O) groups excluding carboxylic acids is 2. The first-order valence-corrected chi connectivity index (χ1v) is 15.3. The van der Waals surface area contributed by atoms with Crippen molar-refractivity contribution in [3.05, 3.63) is 109 Å². The Labute approximate surface area is 265 Å². The first-order valence-electron chi connectivity index (χ1n) is 13.5. The number of hydrogen-bond acceptors (Lipinski definition) is 9. The topological polar surface area (TPSA) is 145 Å². The van der Waals surface area contributed by atoms with E-state index < -0.39 is 10.8 Å². The molecule has 5 rings (SSSR count). The third-order valence-corrected chi connectivity index (χ3v) is 8.78. The van der Waals surface area contributed by atoms with Crippen LogP contribution in [0.15, 0.2) is 81.5 Å². The van der Waals surface area contributed by atoms with Crippen LogP contribution in [0.25, 0.3) is 0 Å². The molecular formula is C30H28BrN7O5S. The Morgan fingerprint density at radius 3 is 2.52 bits per heavy atom. The second-order valence-corrected chi connectivity index (χ2v) is 11.8. The molecule has 1 aliphatic heterocycles. The fraction of sp³-hybridized carbons (Fsp3) is 0.233. The van der Waals surface area contributed by atoms with E-state index in [4.69, 9.17) is 9.84 Å². The smallest absolute Gasteiger partial charge is 0.273 e. The average Bonchev–Trinajstić information content (AvgIpc) is 3.63. The molecule has 2 amide bonds. The zero-order valence-corrected chi connectivity index (χ0v) is 26.5. The summed E-state index contributed by atoms with van der Waals surface area (Å²) in [6.07, 6.45) is 0.558. The van der Waals surface area contributed by atoms with Crippen molar-refractivity contribution in [2.45, 2.75) is 31.1 Å². The number of halogens is 1. The highest BCUT2D eigenvalue weighted by Crippen LogP contribution is 2.34. The van der Waals surface area contributed by atoms with Crippen molar-refractivity contribution in [2.75, 3.05) is 12.9 Å². The monoisotopic (exact) mass is 677 g/mol. The van der Waals surface area contributed by atoms with Gasteiger partial charge in [-0.25, -0.2) is 5.01 Å². The first kappa shape index (κ1) is 30.9. The van der Waals surface area contributed by atoms with Gasteiger partial charge in [-0.15, -0.1) is 10.2 Å². The summed E-state index contributed by atoms with van der Waals surface area (Å²) in [5.41, 5.74) is 3.06. The van der Waals surface area contributed by atoms with Gasteiger partial charge < -0.3 is 14.6 Å². The minimum Gasteiger partial charge on any atom is -0.497 e. The van der Waals surface area contributed by atoms with E-state index in [1.807, 2.05) is 48.5 Å². The molecule has 1 atom stereocenters. The molecule has 3 aromatic carbocycles. The fourth-order valence-corrected chi connectivity index (χ4v) is 5.83. The molecule has 1 aliphatic rings. The van der Waals surface area contributed by atoms with E-state index in [0.717, 1.165) is 27.1 Å². The summed E-state index contributed by atoms with van der Waals surface area (Å²) >= 11 is 4.68. The lowest BCUT2D eigenvalue weighted by Gasteiger charge is -2.22. The van der Waals surface area contributed by atoms with Crippen molar-refractivity contribution in [1.29, 1.82) is 0 Å². The summed E-state index contributed by atoms with van der Waals surface area (Å²) in [5, 5.41) is 29.1. The number of aromatic nitrogens is 3. The molecule has 226 valence electrons. The van der Waals surface area contributed by atoms with E-state index in [9.17, 15) is 19.7 Å². The molecule has 0 saturated heterocycles. The first-order chi connectivity index (χ1) is 21.2. The van der Waals surface area contributed by atoms with Gasteiger partial charge in [-0.05, 0) is 48.4 Å². The largest absolute Gasteiger partial charge is 0.497 e. The minimum atomic E-state index is -0.520. The second-order valence-electron chi connectivity index (χ2n) is 9.92. The van der Waals surface area contributed by atoms with Gasteiger partial charge in [0.15, 0.2) is 11.0 Å². The van der Waals surface area contributed by atoms with Crippen LogP contribution < -0.4 is 10.1 Å². The van der Waals surface area contributed by atoms with Crippen molar-refractivity contribution < 1.29 is 19.2 Å². The highest BCUT2D eigenvalue weighted by atomic mass is 79.9. The van der Waals surface area contributed by atoms with Crippen molar-refractivity contribution in [1.82, 2.24) is 25.1 Å². The number of ether oxygens (including phenoxy) is 1. The molecule has 0 saturated carbocycles. The molecule has 0 aliphatic carbocycles. The molecule has 1 N–H and O–H groups in total. The summed E-state index contributed by atoms with van der Waals surface area (Å²) < 4.78 is 7.95. The predicted molar refractivity (Wildman–Crippen MR) is 169 cm³/mol. The number of carbonyl (C=O) groups is 2. The van der Waals surface area contributed by atoms with E-state index in [1.54, 1.807) is 18.7 Å². The lowest BCUT2D eigenvalue weighted by atomic mass is 9.98. The predicted octanol–water partition coefficient (Wildman–Crippen LogP) is 5.20. The fourth-order valence-electron chi connectivity index (χ4n) is 4.78. The highest BCUT2D eigenvalue weighted by molar-refractivity contribution is 9.10. The number of nitrogens with zero attached hydrogens (tertiary/aromatic N) is 6. The van der Waals surface area contributed by atoms with Crippen molar-refractivity contribution in [3.8, 4) is 5.75 Å². The normalized spacial score (nSPS) is 14.3. The quantitative estimate of drug-likeness (QED) is 0.137. The van der Waals surface area contributed by atoms with Crippen LogP contribution in [-0.4, -0.2) is 55.1 Å². The molecule has 44 heavy (non-hydrogen) atoms. The number of hydrazone groups is 1. The van der Waals surface area contributed by atoms with Gasteiger partial charge in [-0.3, -0.25) is 19.7 Å². The van der Waals surface area contributed by atoms with Crippen LogP contribution in [-0.2, 0) is 18.4 Å². The molecule has 0 spiro atoms. The van der Waals surface area contributed by atoms with Gasteiger partial charge in [-0.2, -0.15) is 5.10 Å². The number of rotatable bonds is 10. The Morgan fingerprint density at radius 1 is 1.11 bits per heavy atom. The molecule has 2 heterocycles. The number of nitro groups is 1. The number of thioether (sulfide) groups is 1. The van der Waals surface area contributed by atoms with Gasteiger partial charge in [0, 0.05) is 35.1 Å². The van der Waals surface area contributed by atoms with Crippen LogP contribution in [0.4, 0.5) is 5.69 Å². The van der Waals surface area contributed by atoms with E-state index in [0.29, 0.717) is 17.4 Å². The lowest BCUT2D eigenvalue weighted by molar-refractivity contribution is -0.385. The Morgan fingerprint density at radius 2 is 1.84 bits per heavy atom. The summed E-state index contributed by atoms with van der Waals surface area (Å²) in [6, 6.07) is 19.5. The van der Waals surface area contributed by atoms with Crippen LogP contribution in [0.2, 0.25) is 0 Å². The molecule has 0 bridgehead atoms. The zero-order chi connectivity index (χ0) is 31.4. The highest BCUT2D eigenvalue weighted by Gasteiger charge is 2.33. The van der Waals surface area contributed by atoms with Gasteiger partial charge in [-0.1, -0.05) is 58.0 Å². The van der Waals surface area contributed by atoms with Crippen molar-refractivity contribution in [2.24, 2.45) is 12.1 Å². The van der Waals surface area contributed by atoms with E-state index in [2.05, 4.69) is 31.4 Å². The molecule has 4 aromatic rings. The lowest BCUT2D eigenvalue weighted by Crippen LogP contribution is -2.28. The summed E-state index contributed by atoms with van der Waals surface area (Å²) in [5.74, 6) is 0.598. The van der Waals surface area contributed by atoms with E-state index >= 15 is 0 Å². The summed E-state index contributed by atoms with van der Waals surface area (Å²) in [7, 11) is 3.35. The third-order valence-electron chi connectivity index (χ3n) is 7.25. The van der Waals surface area contributed by atoms with Crippen LogP contribution >= 0.6 is 27.7 Å². The molecular weight excluding hydrogens is 650 g/mol. The van der Waals surface area contributed by atoms with Gasteiger partial charge in [0.25, 0.3) is 17.5 Å². The van der Waals surface area contributed by atoms with Crippen molar-refractivity contribution >= 4 is 50.9 Å². The van der Waals surface area contributed by atoms with Crippen molar-refractivity contribution in [3.63, 3.8) is 0 Å². The summed E-state index contributed by atoms with van der Waals surface area (Å²) in [6.45, 7) is 1.58. The minimum absolute atomic E-state index is 0.0471. The maximum Gasteiger partial charge on any atom is 0.273 e. The third kappa shape index (κ3) is 6.65. The Balaban J connectivity index is 1.27. The number of nitrogens with one attached hydrogen (secondary N) is 1. The van der Waals surface area contributed by atoms with E-state index in [1.165, 1.54) is 41.9 Å². The SMILES string of the molecule is COc1ccc([C@@H]2CC(c3ccc(Br)cc3)=NN2C(=O)CSc2nnc(CNC(=O)c3cccc([N+](=O)[O-])c3C)n2C)cc1. The standard InChI is InChI=1S/C30H28BrN7O5S/c1-18-23(5-4-6-25(18)38(41)42)29(40)32-16-27-33-34-30(36(27)2)44-17-28(39)37-26(20-9-13-22(43-3)14-10-20)15-24(35-37)19-7-11-21(31)12-8-19/h4-14,26H,15-17H2,1-3H3,(H,32,40)/t26-/m0/s1. The second kappa shape index (κ2) is 13.4. The van der Waals surface area contributed by atoms with Crippen LogP contribution in [0.5, 0.6) is 5.75 Å². The van der Waals surface area contributed by atoms with Crippen LogP contribution in [0.1, 0.15) is 45.3 Å². The molecule has 0 unspecified atom stereocenters. The number of benzene rings is 3. The zero-order valence-electron chi connectivity index (χ0n) is 24.1. The van der Waals surface area contributed by atoms with Gasteiger partial charge in [0.1, 0.15) is 5.75 Å². The molecule has 14 heteroatoms. The molecule has 1 aromatic heterocycles. The number of amides is 2.